The molecular weight excluding hydrogens is 242 g/mol. The molecule has 0 saturated heterocycles. The first-order chi connectivity index (χ1) is 9.17. The van der Waals surface area contributed by atoms with Crippen LogP contribution >= 0.6 is 0 Å². The number of nitrogens with one attached hydrogen (secondary N) is 1. The van der Waals surface area contributed by atoms with Crippen molar-refractivity contribution in [2.75, 3.05) is 18.0 Å². The molecule has 0 saturated carbocycles. The third kappa shape index (κ3) is 2.83. The average molecular weight is 261 g/mol. The van der Waals surface area contributed by atoms with E-state index in [-0.39, 0.29) is 18.4 Å². The largest absolute Gasteiger partial charge is 0.326 e. The second kappa shape index (κ2) is 5.95. The zero-order valence-electron chi connectivity index (χ0n) is 11.1. The summed E-state index contributed by atoms with van der Waals surface area (Å²) in [6.07, 6.45) is 1.05. The first kappa shape index (κ1) is 13.7. The Morgan fingerprint density at radius 3 is 2.89 bits per heavy atom. The van der Waals surface area contributed by atoms with Crippen LogP contribution in [0.15, 0.2) is 18.2 Å². The summed E-state index contributed by atoms with van der Waals surface area (Å²) in [4.78, 5) is 25.4. The Morgan fingerprint density at radius 2 is 2.21 bits per heavy atom. The van der Waals surface area contributed by atoms with E-state index in [1.165, 1.54) is 4.90 Å². The summed E-state index contributed by atoms with van der Waals surface area (Å²) in [5.74, 6) is -0.329. The molecule has 0 atom stereocenters. The van der Waals surface area contributed by atoms with Crippen LogP contribution in [0.5, 0.6) is 0 Å². The molecule has 2 rings (SSSR count). The zero-order chi connectivity index (χ0) is 13.8. The summed E-state index contributed by atoms with van der Waals surface area (Å²) in [6, 6.07) is 5.67. The molecule has 0 aromatic heterocycles. The number of fused-ring (bicyclic) bond motifs is 1. The van der Waals surface area contributed by atoms with Gasteiger partial charge in [-0.1, -0.05) is 19.1 Å². The number of carbonyl (C=O) groups is 2. The van der Waals surface area contributed by atoms with Crippen molar-refractivity contribution in [1.29, 1.82) is 0 Å². The summed E-state index contributed by atoms with van der Waals surface area (Å²) in [5.41, 5.74) is 8.36. The topological polar surface area (TPSA) is 75.4 Å². The number of carbonyl (C=O) groups excluding carboxylic acids is 2. The molecule has 1 heterocycles. The number of nitrogens with zero attached hydrogens (tertiary/aromatic N) is 1. The van der Waals surface area contributed by atoms with Crippen LogP contribution in [0.4, 0.5) is 5.69 Å². The van der Waals surface area contributed by atoms with Crippen molar-refractivity contribution in [3.8, 4) is 0 Å². The maximum atomic E-state index is 12.1. The number of hydrogen-bond donors (Lipinski definition) is 2. The van der Waals surface area contributed by atoms with Gasteiger partial charge in [-0.15, -0.1) is 0 Å². The number of imide groups is 1. The number of likely N-dealkylation sites (N-methyl/N-ethyl adjacent to an activating group) is 1. The lowest BCUT2D eigenvalue weighted by Crippen LogP contribution is -2.44. The quantitative estimate of drug-likeness (QED) is 0.830. The Hall–Kier alpha value is -1.72. The Bertz CT molecular complexity index is 499. The molecule has 0 fully saturated rings. The lowest BCUT2D eigenvalue weighted by Gasteiger charge is -2.28. The minimum Gasteiger partial charge on any atom is -0.326 e. The molecule has 0 aliphatic carbocycles. The average Bonchev–Trinajstić information content (AvgIpc) is 2.44. The third-order valence-corrected chi connectivity index (χ3v) is 3.25. The molecule has 1 aromatic carbocycles. The van der Waals surface area contributed by atoms with Crippen molar-refractivity contribution in [2.24, 2.45) is 5.73 Å². The van der Waals surface area contributed by atoms with Crippen LogP contribution in [-0.2, 0) is 22.6 Å². The van der Waals surface area contributed by atoms with Crippen LogP contribution < -0.4 is 16.0 Å². The fourth-order valence-electron chi connectivity index (χ4n) is 2.26. The summed E-state index contributed by atoms with van der Waals surface area (Å²) < 4.78 is 0. The summed E-state index contributed by atoms with van der Waals surface area (Å²) in [5, 5.41) is 2.96. The predicted octanol–water partition coefficient (Wildman–Crippen LogP) is 0.561. The molecule has 5 nitrogen and oxygen atoms in total. The van der Waals surface area contributed by atoms with Crippen molar-refractivity contribution in [1.82, 2.24) is 5.32 Å². The van der Waals surface area contributed by atoms with Gasteiger partial charge in [-0.2, -0.15) is 0 Å². The number of anilines is 1. The van der Waals surface area contributed by atoms with Gasteiger partial charge in [0.2, 0.25) is 11.8 Å². The summed E-state index contributed by atoms with van der Waals surface area (Å²) in [6.45, 7) is 3.27. The van der Waals surface area contributed by atoms with E-state index in [2.05, 4.69) is 5.32 Å². The molecule has 1 aromatic rings. The number of amides is 2. The van der Waals surface area contributed by atoms with Gasteiger partial charge in [0, 0.05) is 13.0 Å². The van der Waals surface area contributed by atoms with Crippen LogP contribution in [0.2, 0.25) is 0 Å². The number of benzene rings is 1. The van der Waals surface area contributed by atoms with Gasteiger partial charge in [-0.25, -0.2) is 4.90 Å². The molecule has 1 aliphatic heterocycles. The van der Waals surface area contributed by atoms with Gasteiger partial charge in [-0.05, 0) is 30.2 Å². The van der Waals surface area contributed by atoms with Gasteiger partial charge in [0.05, 0.1) is 12.2 Å². The molecule has 0 radical (unpaired) electrons. The minimum absolute atomic E-state index is 0.129. The molecule has 0 bridgehead atoms. The van der Waals surface area contributed by atoms with Crippen LogP contribution in [0, 0.1) is 0 Å². The standard InChI is InChI=1S/C14H19N3O2/c1-2-16-9-14(19)17-12-5-3-10(8-15)7-11(12)4-6-13(17)18/h3,5,7,16H,2,4,6,8-9,15H2,1H3. The third-order valence-electron chi connectivity index (χ3n) is 3.25. The monoisotopic (exact) mass is 261 g/mol. The molecular formula is C14H19N3O2. The fraction of sp³-hybridized carbons (Fsp3) is 0.429. The molecule has 102 valence electrons. The van der Waals surface area contributed by atoms with E-state index in [4.69, 9.17) is 5.73 Å². The number of aryl methyl sites for hydroxylation is 1. The van der Waals surface area contributed by atoms with Gasteiger partial charge < -0.3 is 11.1 Å². The Morgan fingerprint density at radius 1 is 1.42 bits per heavy atom. The highest BCUT2D eigenvalue weighted by atomic mass is 16.2. The highest BCUT2D eigenvalue weighted by Crippen LogP contribution is 2.28. The van der Waals surface area contributed by atoms with E-state index >= 15 is 0 Å². The normalized spacial score (nSPS) is 14.4. The molecule has 1 aliphatic rings. The molecule has 2 amide bonds. The van der Waals surface area contributed by atoms with Crippen molar-refractivity contribution >= 4 is 17.5 Å². The lowest BCUT2D eigenvalue weighted by molar-refractivity contribution is -0.126. The van der Waals surface area contributed by atoms with E-state index < -0.39 is 0 Å². The number of nitrogens with two attached hydrogens (primary N) is 1. The number of rotatable bonds is 4. The minimum atomic E-state index is -0.201. The highest BCUT2D eigenvalue weighted by molar-refractivity contribution is 6.17. The molecule has 19 heavy (non-hydrogen) atoms. The first-order valence-corrected chi connectivity index (χ1v) is 6.55. The van der Waals surface area contributed by atoms with Crippen LogP contribution in [0.3, 0.4) is 0 Å². The van der Waals surface area contributed by atoms with Crippen molar-refractivity contribution < 1.29 is 9.59 Å². The van der Waals surface area contributed by atoms with Gasteiger partial charge in [-0.3, -0.25) is 9.59 Å². The SMILES string of the molecule is CCNCC(=O)N1C(=O)CCc2cc(CN)ccc21. The summed E-state index contributed by atoms with van der Waals surface area (Å²) in [7, 11) is 0. The predicted molar refractivity (Wildman–Crippen MR) is 73.7 cm³/mol. The van der Waals surface area contributed by atoms with E-state index in [1.807, 2.05) is 25.1 Å². The van der Waals surface area contributed by atoms with Crippen molar-refractivity contribution in [2.45, 2.75) is 26.3 Å². The molecule has 5 heteroatoms. The Labute approximate surface area is 112 Å². The Balaban J connectivity index is 2.30. The Kier molecular flexibility index (Phi) is 4.29. The van der Waals surface area contributed by atoms with Crippen LogP contribution in [-0.4, -0.2) is 24.9 Å². The van der Waals surface area contributed by atoms with Gasteiger partial charge in [0.15, 0.2) is 0 Å². The first-order valence-electron chi connectivity index (χ1n) is 6.55. The summed E-state index contributed by atoms with van der Waals surface area (Å²) >= 11 is 0. The van der Waals surface area contributed by atoms with Gasteiger partial charge in [0.25, 0.3) is 0 Å². The van der Waals surface area contributed by atoms with Crippen molar-refractivity contribution in [3.05, 3.63) is 29.3 Å². The maximum absolute atomic E-state index is 12.1. The second-order valence-corrected chi connectivity index (χ2v) is 4.57. The van der Waals surface area contributed by atoms with E-state index in [0.717, 1.165) is 11.1 Å². The fourth-order valence-corrected chi connectivity index (χ4v) is 2.26. The molecule has 0 unspecified atom stereocenters. The lowest BCUT2D eigenvalue weighted by atomic mass is 9.98. The number of hydrogen-bond acceptors (Lipinski definition) is 4. The maximum Gasteiger partial charge on any atom is 0.247 e. The van der Waals surface area contributed by atoms with Gasteiger partial charge >= 0.3 is 0 Å². The zero-order valence-corrected chi connectivity index (χ0v) is 11.1. The van der Waals surface area contributed by atoms with E-state index in [9.17, 15) is 9.59 Å². The van der Waals surface area contributed by atoms with Gasteiger partial charge in [0.1, 0.15) is 0 Å². The second-order valence-electron chi connectivity index (χ2n) is 4.57. The smallest absolute Gasteiger partial charge is 0.247 e. The van der Waals surface area contributed by atoms with E-state index in [0.29, 0.717) is 31.6 Å². The van der Waals surface area contributed by atoms with Crippen LogP contribution in [0.1, 0.15) is 24.5 Å². The molecule has 3 N–H and O–H groups in total. The van der Waals surface area contributed by atoms with Crippen LogP contribution in [0.25, 0.3) is 0 Å². The highest BCUT2D eigenvalue weighted by Gasteiger charge is 2.28. The van der Waals surface area contributed by atoms with Crippen molar-refractivity contribution in [3.63, 3.8) is 0 Å². The molecule has 0 spiro atoms. The van der Waals surface area contributed by atoms with E-state index in [1.54, 1.807) is 0 Å².